The van der Waals surface area contributed by atoms with Crippen LogP contribution in [0.25, 0.3) is 0 Å². The number of esters is 1. The Morgan fingerprint density at radius 2 is 1.40 bits per heavy atom. The first-order chi connectivity index (χ1) is 9.31. The fourth-order valence-corrected chi connectivity index (χ4v) is 0.738. The Bertz CT molecular complexity index is 317. The Morgan fingerprint density at radius 1 is 1.05 bits per heavy atom. The molecule has 0 spiro atoms. The zero-order chi connectivity index (χ0) is 16.4. The maximum Gasteiger partial charge on any atom is 0.302 e. The first-order valence-corrected chi connectivity index (χ1v) is 6.54. The summed E-state index contributed by atoms with van der Waals surface area (Å²) in [6, 6.07) is 10.3. The largest absolute Gasteiger partial charge is 0.466 e. The molecule has 0 radical (unpaired) electrons. The molecule has 0 saturated heterocycles. The molecule has 0 bridgehead atoms. The number of carbonyl (C=O) groups excluding carboxylic acids is 2. The number of hydrogen-bond acceptors (Lipinski definition) is 4. The van der Waals surface area contributed by atoms with Crippen LogP contribution in [-0.4, -0.2) is 30.1 Å². The van der Waals surface area contributed by atoms with Crippen molar-refractivity contribution >= 4 is 11.8 Å². The Morgan fingerprint density at radius 3 is 1.50 bits per heavy atom. The molecule has 4 heteroatoms. The number of aryl methyl sites for hydroxylation is 1. The van der Waals surface area contributed by atoms with Crippen molar-refractivity contribution in [3.05, 3.63) is 35.9 Å². The van der Waals surface area contributed by atoms with E-state index < -0.39 is 0 Å². The summed E-state index contributed by atoms with van der Waals surface area (Å²) in [5, 5.41) is 7.57. The summed E-state index contributed by atoms with van der Waals surface area (Å²) in [7, 11) is 0. The number of aliphatic hydroxyl groups excluding tert-OH is 1. The second-order valence-electron chi connectivity index (χ2n) is 3.80. The topological polar surface area (TPSA) is 63.6 Å². The number of hydrogen-bond donors (Lipinski definition) is 1. The Hall–Kier alpha value is -1.68. The van der Waals surface area contributed by atoms with Crippen LogP contribution in [0, 0.1) is 6.92 Å². The minimum Gasteiger partial charge on any atom is -0.466 e. The van der Waals surface area contributed by atoms with Gasteiger partial charge in [-0.3, -0.25) is 4.79 Å². The summed E-state index contributed by atoms with van der Waals surface area (Å²) < 4.78 is 4.40. The molecule has 1 aromatic carbocycles. The van der Waals surface area contributed by atoms with Gasteiger partial charge in [0.05, 0.1) is 6.61 Å². The van der Waals surface area contributed by atoms with Gasteiger partial charge in [0, 0.05) is 13.5 Å². The molecule has 0 heterocycles. The van der Waals surface area contributed by atoms with Crippen LogP contribution in [0.2, 0.25) is 0 Å². The average Bonchev–Trinajstić information content (AvgIpc) is 2.30. The molecule has 0 aliphatic heterocycles. The number of ether oxygens (including phenoxy) is 1. The van der Waals surface area contributed by atoms with Crippen molar-refractivity contribution in [2.24, 2.45) is 0 Å². The number of benzene rings is 1. The molecule has 4 nitrogen and oxygen atoms in total. The van der Waals surface area contributed by atoms with Gasteiger partial charge in [-0.25, -0.2) is 0 Å². The zero-order valence-corrected chi connectivity index (χ0v) is 13.5. The van der Waals surface area contributed by atoms with E-state index in [0.717, 1.165) is 0 Å². The fourth-order valence-electron chi connectivity index (χ4n) is 0.738. The molecule has 1 rings (SSSR count). The maximum atomic E-state index is 9.82. The van der Waals surface area contributed by atoms with Crippen molar-refractivity contribution in [3.8, 4) is 0 Å². The SMILES string of the molecule is CC(C)=O.CCO.CCOC(C)=O.Cc1ccccc1. The standard InChI is InChI=1S/C7H8.C4H8O2.C3H6O.C2H6O/c1-7-5-3-2-4-6-7;1-3-6-4(2)5;1-3(2)4;1-2-3/h2-6H,1H3;3H2,1-2H3;1-2H3;3H,2H2,1H3. The van der Waals surface area contributed by atoms with Gasteiger partial charge in [-0.1, -0.05) is 35.9 Å². The molecule has 20 heavy (non-hydrogen) atoms. The highest BCUT2D eigenvalue weighted by atomic mass is 16.5. The molecular weight excluding hydrogens is 256 g/mol. The summed E-state index contributed by atoms with van der Waals surface area (Å²) in [4.78, 5) is 19.3. The number of aliphatic hydroxyl groups is 1. The molecule has 0 aliphatic carbocycles. The number of carbonyl (C=O) groups is 2. The monoisotopic (exact) mass is 284 g/mol. The third-order valence-corrected chi connectivity index (χ3v) is 1.29. The molecule has 0 saturated carbocycles. The van der Waals surface area contributed by atoms with Gasteiger partial charge in [-0.05, 0) is 34.6 Å². The van der Waals surface area contributed by atoms with Crippen LogP contribution in [0.5, 0.6) is 0 Å². The third kappa shape index (κ3) is 44.1. The molecule has 0 aromatic heterocycles. The van der Waals surface area contributed by atoms with Crippen molar-refractivity contribution in [1.29, 1.82) is 0 Å². The number of ketones is 1. The van der Waals surface area contributed by atoms with Crippen LogP contribution in [0.15, 0.2) is 30.3 Å². The fraction of sp³-hybridized carbons (Fsp3) is 0.500. The van der Waals surface area contributed by atoms with E-state index in [-0.39, 0.29) is 18.4 Å². The summed E-state index contributed by atoms with van der Waals surface area (Å²) in [5.74, 6) is -0.0440. The molecule has 1 aromatic rings. The molecule has 0 unspecified atom stereocenters. The summed E-state index contributed by atoms with van der Waals surface area (Å²) in [6.07, 6.45) is 0. The average molecular weight is 284 g/mol. The van der Waals surface area contributed by atoms with Crippen molar-refractivity contribution in [2.75, 3.05) is 13.2 Å². The van der Waals surface area contributed by atoms with Crippen molar-refractivity contribution < 1.29 is 19.4 Å². The van der Waals surface area contributed by atoms with Crippen LogP contribution in [0.3, 0.4) is 0 Å². The van der Waals surface area contributed by atoms with E-state index in [2.05, 4.69) is 23.8 Å². The first-order valence-electron chi connectivity index (χ1n) is 6.54. The Balaban J connectivity index is -0.000000204. The summed E-state index contributed by atoms with van der Waals surface area (Å²) in [5.41, 5.74) is 1.32. The van der Waals surface area contributed by atoms with E-state index in [1.165, 1.54) is 26.3 Å². The number of rotatable bonds is 1. The second-order valence-corrected chi connectivity index (χ2v) is 3.80. The van der Waals surface area contributed by atoms with Crippen LogP contribution >= 0.6 is 0 Å². The molecule has 0 amide bonds. The maximum absolute atomic E-state index is 9.82. The van der Waals surface area contributed by atoms with Gasteiger partial charge in [0.15, 0.2) is 0 Å². The van der Waals surface area contributed by atoms with E-state index in [0.29, 0.717) is 6.61 Å². The lowest BCUT2D eigenvalue weighted by molar-refractivity contribution is -0.140. The van der Waals surface area contributed by atoms with Gasteiger partial charge >= 0.3 is 5.97 Å². The van der Waals surface area contributed by atoms with Crippen molar-refractivity contribution in [1.82, 2.24) is 0 Å². The second kappa shape index (κ2) is 19.7. The molecule has 1 N–H and O–H groups in total. The molecule has 116 valence electrons. The number of Topliss-reactive ketones (excluding diaryl/α,β-unsaturated/α-hetero) is 1. The lowest BCUT2D eigenvalue weighted by Crippen LogP contribution is -1.95. The van der Waals surface area contributed by atoms with E-state index in [1.54, 1.807) is 13.8 Å². The molecule has 0 fully saturated rings. The quantitative estimate of drug-likeness (QED) is 0.805. The van der Waals surface area contributed by atoms with Crippen LogP contribution in [-0.2, 0) is 14.3 Å². The van der Waals surface area contributed by atoms with Gasteiger partial charge in [0.2, 0.25) is 0 Å². The summed E-state index contributed by atoms with van der Waals surface area (Å²) in [6.45, 7) is 10.7. The van der Waals surface area contributed by atoms with E-state index in [9.17, 15) is 9.59 Å². The van der Waals surface area contributed by atoms with Crippen molar-refractivity contribution in [3.63, 3.8) is 0 Å². The highest BCUT2D eigenvalue weighted by molar-refractivity contribution is 5.72. The van der Waals surface area contributed by atoms with E-state index >= 15 is 0 Å². The molecular formula is C16H28O4. The van der Waals surface area contributed by atoms with Gasteiger partial charge in [0.25, 0.3) is 0 Å². The summed E-state index contributed by atoms with van der Waals surface area (Å²) >= 11 is 0. The van der Waals surface area contributed by atoms with Gasteiger partial charge < -0.3 is 14.6 Å². The van der Waals surface area contributed by atoms with E-state index in [4.69, 9.17) is 5.11 Å². The highest BCUT2D eigenvalue weighted by Crippen LogP contribution is 1.92. The highest BCUT2D eigenvalue weighted by Gasteiger charge is 1.81. The van der Waals surface area contributed by atoms with Crippen LogP contribution in [0.4, 0.5) is 0 Å². The van der Waals surface area contributed by atoms with Crippen LogP contribution in [0.1, 0.15) is 40.2 Å². The smallest absolute Gasteiger partial charge is 0.302 e. The minimum atomic E-state index is -0.211. The Kier molecular flexibility index (Phi) is 23.0. The first kappa shape index (κ1) is 23.4. The lowest BCUT2D eigenvalue weighted by atomic mass is 10.2. The minimum absolute atomic E-state index is 0.167. The molecule has 0 aliphatic rings. The van der Waals surface area contributed by atoms with Gasteiger partial charge in [-0.15, -0.1) is 0 Å². The van der Waals surface area contributed by atoms with E-state index in [1.807, 2.05) is 18.2 Å². The zero-order valence-electron chi connectivity index (χ0n) is 13.5. The molecule has 0 atom stereocenters. The third-order valence-electron chi connectivity index (χ3n) is 1.29. The van der Waals surface area contributed by atoms with Crippen molar-refractivity contribution in [2.45, 2.75) is 41.5 Å². The Labute approximate surface area is 122 Å². The predicted octanol–water partition coefficient (Wildman–Crippen LogP) is 3.16. The lowest BCUT2D eigenvalue weighted by Gasteiger charge is -1.89. The normalized spacial score (nSPS) is 7.55. The van der Waals surface area contributed by atoms with Gasteiger partial charge in [-0.2, -0.15) is 0 Å². The predicted molar refractivity (Wildman–Crippen MR) is 82.6 cm³/mol. The van der Waals surface area contributed by atoms with Gasteiger partial charge in [0.1, 0.15) is 5.78 Å². The van der Waals surface area contributed by atoms with Crippen LogP contribution < -0.4 is 0 Å².